The Hall–Kier alpha value is 0.314. The van der Waals surface area contributed by atoms with Crippen LogP contribution in [0.1, 0.15) is 20.3 Å². The molecule has 0 aliphatic heterocycles. The maximum absolute atomic E-state index is 5.83. The molecule has 0 aromatic carbocycles. The fourth-order valence-corrected chi connectivity index (χ4v) is 4.70. The first-order valence-electron chi connectivity index (χ1n) is 6.25. The molecule has 0 atom stereocenters. The molecule has 0 aromatic heterocycles. The van der Waals surface area contributed by atoms with Crippen LogP contribution in [0.5, 0.6) is 0 Å². The van der Waals surface area contributed by atoms with E-state index in [-0.39, 0.29) is 0 Å². The molecule has 0 radical (unpaired) electrons. The molecule has 0 aromatic rings. The van der Waals surface area contributed by atoms with Gasteiger partial charge in [-0.15, -0.1) is 0 Å². The van der Waals surface area contributed by atoms with E-state index in [1.165, 1.54) is 0 Å². The van der Waals surface area contributed by atoms with E-state index in [4.69, 9.17) is 13.3 Å². The molecule has 16 heavy (non-hydrogen) atoms. The summed E-state index contributed by atoms with van der Waals surface area (Å²) in [6, 6.07) is 1.03. The first-order chi connectivity index (χ1) is 7.33. The van der Waals surface area contributed by atoms with Crippen LogP contribution in [0.15, 0.2) is 0 Å². The summed E-state index contributed by atoms with van der Waals surface area (Å²) in [5.41, 5.74) is 0. The monoisotopic (exact) mass is 264 g/mol. The van der Waals surface area contributed by atoms with Crippen LogP contribution >= 0.6 is 0 Å². The fraction of sp³-hybridized carbons (Fsp3) is 1.00. The minimum Gasteiger partial charge on any atom is -0.418 e. The van der Waals surface area contributed by atoms with Crippen LogP contribution in [0, 0.1) is 0 Å². The van der Waals surface area contributed by atoms with Crippen LogP contribution in [0.25, 0.3) is 0 Å². The van der Waals surface area contributed by atoms with E-state index in [2.05, 4.69) is 26.2 Å². The molecule has 0 N–H and O–H groups in total. The highest BCUT2D eigenvalue weighted by molar-refractivity contribution is 6.69. The number of rotatable bonds is 9. The lowest BCUT2D eigenvalue weighted by atomic mass is 10.5. The van der Waals surface area contributed by atoms with Crippen LogP contribution in [0.4, 0.5) is 0 Å². The standard InChI is InChI=1S/C11H28O3Si2/c1-7-12-16(6,13-8-2)11-9-10-14-15(3,4)5/h7-11H2,1-6H3. The first-order valence-corrected chi connectivity index (χ1v) is 12.2. The topological polar surface area (TPSA) is 27.7 Å². The van der Waals surface area contributed by atoms with E-state index in [0.717, 1.165) is 32.3 Å². The van der Waals surface area contributed by atoms with E-state index in [1.54, 1.807) is 0 Å². The zero-order valence-corrected chi connectivity index (χ0v) is 13.8. The van der Waals surface area contributed by atoms with Crippen LogP contribution in [0.2, 0.25) is 32.2 Å². The third kappa shape index (κ3) is 8.46. The molecule has 0 saturated carbocycles. The lowest BCUT2D eigenvalue weighted by Crippen LogP contribution is -2.39. The van der Waals surface area contributed by atoms with Crippen molar-refractivity contribution >= 4 is 16.9 Å². The van der Waals surface area contributed by atoms with Crippen molar-refractivity contribution in [2.45, 2.75) is 52.5 Å². The van der Waals surface area contributed by atoms with Crippen LogP contribution in [-0.2, 0) is 13.3 Å². The Morgan fingerprint density at radius 2 is 1.31 bits per heavy atom. The Labute approximate surface area is 103 Å². The third-order valence-electron chi connectivity index (χ3n) is 2.21. The maximum atomic E-state index is 5.83. The molecule has 0 aliphatic carbocycles. The third-order valence-corrected chi connectivity index (χ3v) is 6.34. The van der Waals surface area contributed by atoms with Crippen molar-refractivity contribution in [2.24, 2.45) is 0 Å². The molecular formula is C11H28O3Si2. The van der Waals surface area contributed by atoms with Gasteiger partial charge in [-0.2, -0.15) is 0 Å². The highest BCUT2D eigenvalue weighted by Crippen LogP contribution is 2.16. The normalized spacial score (nSPS) is 13.1. The summed E-state index contributed by atoms with van der Waals surface area (Å²) in [5, 5.41) is 0. The van der Waals surface area contributed by atoms with Gasteiger partial charge >= 0.3 is 8.56 Å². The summed E-state index contributed by atoms with van der Waals surface area (Å²) in [4.78, 5) is 0. The van der Waals surface area contributed by atoms with Gasteiger partial charge in [0, 0.05) is 19.8 Å². The Bertz CT molecular complexity index is 175. The summed E-state index contributed by atoms with van der Waals surface area (Å²) in [5.74, 6) is 0. The van der Waals surface area contributed by atoms with Crippen molar-refractivity contribution in [3.8, 4) is 0 Å². The summed E-state index contributed by atoms with van der Waals surface area (Å²) in [7, 11) is -3.27. The summed E-state index contributed by atoms with van der Waals surface area (Å²) in [6.45, 7) is 15.2. The predicted molar refractivity (Wildman–Crippen MR) is 73.6 cm³/mol. The SMILES string of the molecule is CCO[Si](C)(CCCO[Si](C)(C)C)OCC. The van der Waals surface area contributed by atoms with Gasteiger partial charge < -0.3 is 13.3 Å². The van der Waals surface area contributed by atoms with Crippen molar-refractivity contribution in [3.63, 3.8) is 0 Å². The molecule has 0 fully saturated rings. The average molecular weight is 265 g/mol. The van der Waals surface area contributed by atoms with Crippen molar-refractivity contribution in [1.82, 2.24) is 0 Å². The van der Waals surface area contributed by atoms with Crippen LogP contribution in [-0.4, -0.2) is 36.7 Å². The smallest absolute Gasteiger partial charge is 0.334 e. The largest absolute Gasteiger partial charge is 0.418 e. The summed E-state index contributed by atoms with van der Waals surface area (Å²) < 4.78 is 17.4. The molecule has 0 aliphatic rings. The van der Waals surface area contributed by atoms with Gasteiger partial charge in [-0.25, -0.2) is 0 Å². The number of hydrogen-bond donors (Lipinski definition) is 0. The molecule has 0 unspecified atom stereocenters. The molecular weight excluding hydrogens is 236 g/mol. The molecule has 0 heterocycles. The van der Waals surface area contributed by atoms with Gasteiger partial charge in [-0.1, -0.05) is 0 Å². The number of hydrogen-bond acceptors (Lipinski definition) is 3. The van der Waals surface area contributed by atoms with Crippen molar-refractivity contribution in [3.05, 3.63) is 0 Å². The van der Waals surface area contributed by atoms with E-state index in [1.807, 2.05) is 13.8 Å². The second kappa shape index (κ2) is 7.60. The van der Waals surface area contributed by atoms with Gasteiger partial charge in [0.25, 0.3) is 0 Å². The van der Waals surface area contributed by atoms with Gasteiger partial charge in [0.1, 0.15) is 0 Å². The second-order valence-corrected chi connectivity index (χ2v) is 12.9. The molecule has 0 amide bonds. The molecule has 0 saturated heterocycles. The van der Waals surface area contributed by atoms with E-state index < -0.39 is 16.9 Å². The zero-order chi connectivity index (χ0) is 12.7. The molecule has 3 nitrogen and oxygen atoms in total. The Morgan fingerprint density at radius 1 is 0.812 bits per heavy atom. The van der Waals surface area contributed by atoms with Crippen LogP contribution < -0.4 is 0 Å². The Morgan fingerprint density at radius 3 is 1.69 bits per heavy atom. The molecule has 0 rings (SSSR count). The van der Waals surface area contributed by atoms with Crippen molar-refractivity contribution in [1.29, 1.82) is 0 Å². The molecule has 5 heteroatoms. The minimum absolute atomic E-state index is 0.748. The van der Waals surface area contributed by atoms with Gasteiger partial charge in [0.15, 0.2) is 8.32 Å². The molecule has 0 spiro atoms. The fourth-order valence-electron chi connectivity index (χ4n) is 1.57. The van der Waals surface area contributed by atoms with Crippen LogP contribution in [0.3, 0.4) is 0 Å². The van der Waals surface area contributed by atoms with Crippen molar-refractivity contribution < 1.29 is 13.3 Å². The Balaban J connectivity index is 3.84. The zero-order valence-electron chi connectivity index (χ0n) is 11.8. The van der Waals surface area contributed by atoms with E-state index >= 15 is 0 Å². The minimum atomic E-state index is -1.91. The maximum Gasteiger partial charge on any atom is 0.334 e. The highest BCUT2D eigenvalue weighted by Gasteiger charge is 2.30. The van der Waals surface area contributed by atoms with Gasteiger partial charge in [-0.3, -0.25) is 0 Å². The van der Waals surface area contributed by atoms with E-state index in [9.17, 15) is 0 Å². The van der Waals surface area contributed by atoms with E-state index in [0.29, 0.717) is 0 Å². The molecule has 98 valence electrons. The average Bonchev–Trinajstić information content (AvgIpc) is 2.12. The second-order valence-electron chi connectivity index (χ2n) is 5.06. The Kier molecular flexibility index (Phi) is 7.75. The van der Waals surface area contributed by atoms with Gasteiger partial charge in [-0.05, 0) is 52.5 Å². The molecule has 0 bridgehead atoms. The highest BCUT2D eigenvalue weighted by atomic mass is 28.4. The quantitative estimate of drug-likeness (QED) is 0.472. The first kappa shape index (κ1) is 16.3. The van der Waals surface area contributed by atoms with Gasteiger partial charge in [0.2, 0.25) is 0 Å². The summed E-state index contributed by atoms with van der Waals surface area (Å²) in [6.07, 6.45) is 1.05. The predicted octanol–water partition coefficient (Wildman–Crippen LogP) is 3.37. The lowest BCUT2D eigenvalue weighted by molar-refractivity contribution is 0.185. The summed E-state index contributed by atoms with van der Waals surface area (Å²) >= 11 is 0. The van der Waals surface area contributed by atoms with Gasteiger partial charge in [0.05, 0.1) is 0 Å². The lowest BCUT2D eigenvalue weighted by Gasteiger charge is -2.26. The van der Waals surface area contributed by atoms with Crippen molar-refractivity contribution in [2.75, 3.05) is 19.8 Å².